The molecule has 21 heavy (non-hydrogen) atoms. The van der Waals surface area contributed by atoms with Crippen molar-refractivity contribution in [2.45, 2.75) is 38.8 Å². The summed E-state index contributed by atoms with van der Waals surface area (Å²) in [7, 11) is 1.70. The van der Waals surface area contributed by atoms with Crippen molar-refractivity contribution < 1.29 is 4.74 Å². The number of ether oxygens (including phenoxy) is 1. The van der Waals surface area contributed by atoms with Gasteiger partial charge in [-0.2, -0.15) is 0 Å². The SMILES string of the molecule is CC[C@@H]1Cc2ccncc2[C@H](C)N1c1ccc(OC)cc1. The molecule has 110 valence electrons. The van der Waals surface area contributed by atoms with Crippen LogP contribution in [-0.4, -0.2) is 18.1 Å². The molecule has 3 nitrogen and oxygen atoms in total. The van der Waals surface area contributed by atoms with Crippen LogP contribution in [0, 0.1) is 0 Å². The van der Waals surface area contributed by atoms with Crippen molar-refractivity contribution in [3.8, 4) is 5.75 Å². The predicted molar refractivity (Wildman–Crippen MR) is 85.9 cm³/mol. The average molecular weight is 282 g/mol. The fraction of sp³-hybridized carbons (Fsp3) is 0.389. The summed E-state index contributed by atoms with van der Waals surface area (Å²) in [5.74, 6) is 0.901. The molecule has 3 heteroatoms. The lowest BCUT2D eigenvalue weighted by molar-refractivity contribution is 0.414. The first-order valence-corrected chi connectivity index (χ1v) is 7.59. The largest absolute Gasteiger partial charge is 0.497 e. The molecule has 2 atom stereocenters. The van der Waals surface area contributed by atoms with Gasteiger partial charge in [-0.05, 0) is 61.2 Å². The minimum absolute atomic E-state index is 0.348. The molecular formula is C18H22N2O. The molecule has 2 heterocycles. The molecule has 1 aromatic carbocycles. The van der Waals surface area contributed by atoms with Crippen molar-refractivity contribution in [2.75, 3.05) is 12.0 Å². The zero-order valence-electron chi connectivity index (χ0n) is 12.9. The van der Waals surface area contributed by atoms with E-state index in [0.29, 0.717) is 12.1 Å². The summed E-state index contributed by atoms with van der Waals surface area (Å²) in [6.45, 7) is 4.53. The minimum atomic E-state index is 0.348. The van der Waals surface area contributed by atoms with E-state index in [9.17, 15) is 0 Å². The maximum Gasteiger partial charge on any atom is 0.119 e. The monoisotopic (exact) mass is 282 g/mol. The zero-order valence-corrected chi connectivity index (χ0v) is 12.9. The molecule has 1 aromatic heterocycles. The third kappa shape index (κ3) is 2.48. The van der Waals surface area contributed by atoms with E-state index < -0.39 is 0 Å². The van der Waals surface area contributed by atoms with Crippen LogP contribution in [0.2, 0.25) is 0 Å². The van der Waals surface area contributed by atoms with Gasteiger partial charge in [-0.1, -0.05) is 6.92 Å². The van der Waals surface area contributed by atoms with Crippen molar-refractivity contribution in [2.24, 2.45) is 0 Å². The molecule has 0 amide bonds. The summed E-state index contributed by atoms with van der Waals surface area (Å²) in [6.07, 6.45) is 6.15. The van der Waals surface area contributed by atoms with Crippen molar-refractivity contribution in [1.82, 2.24) is 4.98 Å². The van der Waals surface area contributed by atoms with Crippen molar-refractivity contribution in [3.05, 3.63) is 53.9 Å². The third-order valence-electron chi connectivity index (χ3n) is 4.50. The molecule has 0 fully saturated rings. The van der Waals surface area contributed by atoms with E-state index in [1.54, 1.807) is 7.11 Å². The van der Waals surface area contributed by atoms with Crippen LogP contribution in [0.3, 0.4) is 0 Å². The van der Waals surface area contributed by atoms with Crippen LogP contribution in [0.15, 0.2) is 42.7 Å². The first kappa shape index (κ1) is 13.9. The van der Waals surface area contributed by atoms with Crippen LogP contribution >= 0.6 is 0 Å². The molecule has 0 bridgehead atoms. The number of methoxy groups -OCH3 is 1. The van der Waals surface area contributed by atoms with Crippen LogP contribution in [-0.2, 0) is 6.42 Å². The topological polar surface area (TPSA) is 25.4 Å². The highest BCUT2D eigenvalue weighted by Gasteiger charge is 2.30. The lowest BCUT2D eigenvalue weighted by Gasteiger charge is -2.43. The molecule has 0 N–H and O–H groups in total. The Morgan fingerprint density at radius 2 is 2.00 bits per heavy atom. The van der Waals surface area contributed by atoms with E-state index in [4.69, 9.17) is 4.74 Å². The fourth-order valence-electron chi connectivity index (χ4n) is 3.35. The Hall–Kier alpha value is -2.03. The van der Waals surface area contributed by atoms with Gasteiger partial charge in [0.2, 0.25) is 0 Å². The fourth-order valence-corrected chi connectivity index (χ4v) is 3.35. The van der Waals surface area contributed by atoms with Crippen molar-refractivity contribution in [1.29, 1.82) is 0 Å². The first-order chi connectivity index (χ1) is 10.2. The smallest absolute Gasteiger partial charge is 0.119 e. The second-order valence-electron chi connectivity index (χ2n) is 5.62. The number of fused-ring (bicyclic) bond motifs is 1. The number of benzene rings is 1. The Morgan fingerprint density at radius 1 is 1.24 bits per heavy atom. The second kappa shape index (κ2) is 5.76. The summed E-state index contributed by atoms with van der Waals surface area (Å²) in [5.41, 5.74) is 4.04. The van der Waals surface area contributed by atoms with Crippen LogP contribution in [0.5, 0.6) is 5.75 Å². The third-order valence-corrected chi connectivity index (χ3v) is 4.50. The van der Waals surface area contributed by atoms with Gasteiger partial charge < -0.3 is 9.64 Å². The summed E-state index contributed by atoms with van der Waals surface area (Å²) in [6, 6.07) is 11.4. The predicted octanol–water partition coefficient (Wildman–Crippen LogP) is 3.99. The van der Waals surface area contributed by atoms with E-state index in [0.717, 1.165) is 18.6 Å². The van der Waals surface area contributed by atoms with Crippen molar-refractivity contribution >= 4 is 5.69 Å². The molecule has 3 rings (SSSR count). The summed E-state index contributed by atoms with van der Waals surface area (Å²) in [4.78, 5) is 6.83. The zero-order chi connectivity index (χ0) is 14.8. The normalized spacial score (nSPS) is 21.0. The molecule has 0 radical (unpaired) electrons. The number of anilines is 1. The van der Waals surface area contributed by atoms with Gasteiger partial charge in [0.1, 0.15) is 5.75 Å². The Bertz CT molecular complexity index is 609. The van der Waals surface area contributed by atoms with Gasteiger partial charge in [-0.15, -0.1) is 0 Å². The molecule has 2 aromatic rings. The Balaban J connectivity index is 1.99. The van der Waals surface area contributed by atoms with E-state index in [2.05, 4.69) is 41.9 Å². The van der Waals surface area contributed by atoms with Crippen molar-refractivity contribution in [3.63, 3.8) is 0 Å². The highest BCUT2D eigenvalue weighted by atomic mass is 16.5. The van der Waals surface area contributed by atoms with Gasteiger partial charge in [0.15, 0.2) is 0 Å². The second-order valence-corrected chi connectivity index (χ2v) is 5.62. The van der Waals surface area contributed by atoms with Gasteiger partial charge in [0.25, 0.3) is 0 Å². The number of aromatic nitrogens is 1. The van der Waals surface area contributed by atoms with Gasteiger partial charge >= 0.3 is 0 Å². The first-order valence-electron chi connectivity index (χ1n) is 7.59. The number of hydrogen-bond acceptors (Lipinski definition) is 3. The molecule has 1 aliphatic rings. The van der Waals surface area contributed by atoms with E-state index in [1.807, 2.05) is 24.5 Å². The number of pyridine rings is 1. The van der Waals surface area contributed by atoms with E-state index >= 15 is 0 Å². The summed E-state index contributed by atoms with van der Waals surface area (Å²) >= 11 is 0. The van der Waals surface area contributed by atoms with Crippen LogP contribution < -0.4 is 9.64 Å². The number of nitrogens with zero attached hydrogens (tertiary/aromatic N) is 2. The molecule has 0 unspecified atom stereocenters. The minimum Gasteiger partial charge on any atom is -0.497 e. The quantitative estimate of drug-likeness (QED) is 0.851. The highest BCUT2D eigenvalue weighted by molar-refractivity contribution is 5.54. The molecule has 0 saturated carbocycles. The molecule has 1 aliphatic heterocycles. The van der Waals surface area contributed by atoms with E-state index in [-0.39, 0.29) is 0 Å². The lowest BCUT2D eigenvalue weighted by Crippen LogP contribution is -2.42. The lowest BCUT2D eigenvalue weighted by atomic mass is 9.88. The molecule has 0 saturated heterocycles. The van der Waals surface area contributed by atoms with Gasteiger partial charge in [-0.3, -0.25) is 4.98 Å². The maximum atomic E-state index is 5.26. The molecular weight excluding hydrogens is 260 g/mol. The number of hydrogen-bond donors (Lipinski definition) is 0. The standard InChI is InChI=1S/C18H22N2O/c1-4-15-11-14-9-10-19-12-18(14)13(2)20(15)16-5-7-17(21-3)8-6-16/h5-10,12-13,15H,4,11H2,1-3H3/t13-,15+/m0/s1. The maximum absolute atomic E-state index is 5.26. The Kier molecular flexibility index (Phi) is 3.82. The highest BCUT2D eigenvalue weighted by Crippen LogP contribution is 2.37. The average Bonchev–Trinajstić information content (AvgIpc) is 2.55. The van der Waals surface area contributed by atoms with Crippen LogP contribution in [0.1, 0.15) is 37.4 Å². The van der Waals surface area contributed by atoms with Gasteiger partial charge in [0, 0.05) is 24.1 Å². The Morgan fingerprint density at radius 3 is 2.67 bits per heavy atom. The molecule has 0 aliphatic carbocycles. The van der Waals surface area contributed by atoms with Crippen LogP contribution in [0.25, 0.3) is 0 Å². The van der Waals surface area contributed by atoms with E-state index in [1.165, 1.54) is 16.8 Å². The molecule has 0 spiro atoms. The van der Waals surface area contributed by atoms with Gasteiger partial charge in [0.05, 0.1) is 13.2 Å². The summed E-state index contributed by atoms with van der Waals surface area (Å²) in [5, 5.41) is 0. The summed E-state index contributed by atoms with van der Waals surface area (Å²) < 4.78 is 5.26. The Labute approximate surface area is 126 Å². The van der Waals surface area contributed by atoms with Gasteiger partial charge in [-0.25, -0.2) is 0 Å². The number of rotatable bonds is 3. The van der Waals surface area contributed by atoms with Crippen LogP contribution in [0.4, 0.5) is 5.69 Å².